The molecule has 0 bridgehead atoms. The quantitative estimate of drug-likeness (QED) is 0.867. The molecule has 1 saturated heterocycles. The first-order valence-corrected chi connectivity index (χ1v) is 6.80. The molecule has 0 radical (unpaired) electrons. The van der Waals surface area contributed by atoms with Crippen molar-refractivity contribution in [3.63, 3.8) is 0 Å². The van der Waals surface area contributed by atoms with Gasteiger partial charge in [0, 0.05) is 51.5 Å². The smallest absolute Gasteiger partial charge is 0.239 e. The number of nitrogens with zero attached hydrogens (tertiary/aromatic N) is 4. The lowest BCUT2D eigenvalue weighted by molar-refractivity contribution is -0.132. The Morgan fingerprint density at radius 1 is 1.40 bits per heavy atom. The van der Waals surface area contributed by atoms with Crippen LogP contribution in [0.1, 0.15) is 18.9 Å². The highest BCUT2D eigenvalue weighted by Gasteiger charge is 2.21. The molecule has 1 aromatic heterocycles. The third kappa shape index (κ3) is 4.47. The highest BCUT2D eigenvalue weighted by molar-refractivity contribution is 5.85. The number of aryl methyl sites for hydroxylation is 1. The minimum Gasteiger partial charge on any atom is -0.340 e. The molecule has 1 amide bonds. The molecule has 1 aliphatic heterocycles. The standard InChI is InChI=1S/C13H23N5O.ClH/c1-11(14)13(19)18-5-3-4-17(6-7-18)10-12-8-15-16(2)9-12;/h8-9,11H,3-7,10,14H2,1-2H3;1H/t11-;/m1./s1. The number of carbonyl (C=O) groups excluding carboxylic acids is 1. The second-order valence-corrected chi connectivity index (χ2v) is 5.27. The summed E-state index contributed by atoms with van der Waals surface area (Å²) in [4.78, 5) is 16.1. The van der Waals surface area contributed by atoms with Crippen LogP contribution in [0.5, 0.6) is 0 Å². The molecule has 2 rings (SSSR count). The monoisotopic (exact) mass is 301 g/mol. The van der Waals surface area contributed by atoms with Crippen LogP contribution in [0.2, 0.25) is 0 Å². The summed E-state index contributed by atoms with van der Waals surface area (Å²) >= 11 is 0. The van der Waals surface area contributed by atoms with Crippen molar-refractivity contribution in [3.8, 4) is 0 Å². The van der Waals surface area contributed by atoms with E-state index in [4.69, 9.17) is 5.73 Å². The molecule has 2 heterocycles. The molecule has 0 spiro atoms. The minimum atomic E-state index is -0.398. The zero-order valence-corrected chi connectivity index (χ0v) is 13.0. The van der Waals surface area contributed by atoms with Crippen LogP contribution in [-0.2, 0) is 18.4 Å². The molecular weight excluding hydrogens is 278 g/mol. The summed E-state index contributed by atoms with van der Waals surface area (Å²) < 4.78 is 1.82. The summed E-state index contributed by atoms with van der Waals surface area (Å²) in [6.45, 7) is 6.13. The molecule has 1 aliphatic rings. The molecule has 1 atom stereocenters. The molecule has 0 unspecified atom stereocenters. The van der Waals surface area contributed by atoms with E-state index in [0.29, 0.717) is 0 Å². The lowest BCUT2D eigenvalue weighted by atomic mass is 10.3. The van der Waals surface area contributed by atoms with Gasteiger partial charge in [0.2, 0.25) is 5.91 Å². The van der Waals surface area contributed by atoms with Gasteiger partial charge in [0.25, 0.3) is 0 Å². The Kier molecular flexibility index (Phi) is 6.45. The van der Waals surface area contributed by atoms with Crippen LogP contribution in [0, 0.1) is 0 Å². The van der Waals surface area contributed by atoms with Crippen molar-refractivity contribution in [2.75, 3.05) is 26.2 Å². The first-order chi connectivity index (χ1) is 9.06. The van der Waals surface area contributed by atoms with Crippen LogP contribution >= 0.6 is 12.4 Å². The largest absolute Gasteiger partial charge is 0.340 e. The van der Waals surface area contributed by atoms with Crippen molar-refractivity contribution >= 4 is 18.3 Å². The van der Waals surface area contributed by atoms with E-state index in [1.807, 2.05) is 29.0 Å². The SMILES string of the molecule is C[C@@H](N)C(=O)N1CCCN(Cc2cnn(C)c2)CC1.Cl. The summed E-state index contributed by atoms with van der Waals surface area (Å²) in [6.07, 6.45) is 4.93. The van der Waals surface area contributed by atoms with Crippen molar-refractivity contribution < 1.29 is 4.79 Å². The fraction of sp³-hybridized carbons (Fsp3) is 0.692. The second-order valence-electron chi connectivity index (χ2n) is 5.27. The van der Waals surface area contributed by atoms with Gasteiger partial charge in [0.15, 0.2) is 0 Å². The van der Waals surface area contributed by atoms with Gasteiger partial charge in [0.05, 0.1) is 12.2 Å². The number of hydrogen-bond acceptors (Lipinski definition) is 4. The van der Waals surface area contributed by atoms with E-state index in [2.05, 4.69) is 10.00 Å². The van der Waals surface area contributed by atoms with E-state index >= 15 is 0 Å². The van der Waals surface area contributed by atoms with Crippen molar-refractivity contribution in [2.45, 2.75) is 25.9 Å². The van der Waals surface area contributed by atoms with Gasteiger partial charge in [-0.15, -0.1) is 12.4 Å². The summed E-state index contributed by atoms with van der Waals surface area (Å²) in [5.41, 5.74) is 6.88. The normalized spacial score (nSPS) is 18.2. The average molecular weight is 302 g/mol. The molecule has 6 nitrogen and oxygen atoms in total. The molecular formula is C13H24ClN5O. The van der Waals surface area contributed by atoms with Gasteiger partial charge < -0.3 is 10.6 Å². The molecule has 0 aromatic carbocycles. The van der Waals surface area contributed by atoms with Crippen LogP contribution in [0.25, 0.3) is 0 Å². The van der Waals surface area contributed by atoms with E-state index in [0.717, 1.165) is 39.1 Å². The lowest BCUT2D eigenvalue weighted by Gasteiger charge is -2.23. The lowest BCUT2D eigenvalue weighted by Crippen LogP contribution is -2.43. The molecule has 20 heavy (non-hydrogen) atoms. The maximum absolute atomic E-state index is 11.9. The fourth-order valence-corrected chi connectivity index (χ4v) is 2.45. The van der Waals surface area contributed by atoms with Crippen molar-refractivity contribution in [2.24, 2.45) is 12.8 Å². The van der Waals surface area contributed by atoms with E-state index in [9.17, 15) is 4.79 Å². The van der Waals surface area contributed by atoms with E-state index in [1.54, 1.807) is 6.92 Å². The van der Waals surface area contributed by atoms with Crippen LogP contribution < -0.4 is 5.73 Å². The second kappa shape index (κ2) is 7.61. The van der Waals surface area contributed by atoms with Crippen molar-refractivity contribution in [1.29, 1.82) is 0 Å². The maximum atomic E-state index is 11.9. The number of carbonyl (C=O) groups is 1. The van der Waals surface area contributed by atoms with Gasteiger partial charge in [-0.2, -0.15) is 5.10 Å². The third-order valence-corrected chi connectivity index (χ3v) is 3.45. The summed E-state index contributed by atoms with van der Waals surface area (Å²) in [6, 6.07) is -0.398. The van der Waals surface area contributed by atoms with Crippen molar-refractivity contribution in [1.82, 2.24) is 19.6 Å². The minimum absolute atomic E-state index is 0. The summed E-state index contributed by atoms with van der Waals surface area (Å²) in [5.74, 6) is 0.0585. The number of rotatable bonds is 3. The first-order valence-electron chi connectivity index (χ1n) is 6.80. The van der Waals surface area contributed by atoms with Gasteiger partial charge in [-0.25, -0.2) is 0 Å². The molecule has 0 saturated carbocycles. The van der Waals surface area contributed by atoms with Gasteiger partial charge in [-0.3, -0.25) is 14.4 Å². The van der Waals surface area contributed by atoms with Crippen LogP contribution in [0.15, 0.2) is 12.4 Å². The molecule has 114 valence electrons. The highest BCUT2D eigenvalue weighted by Crippen LogP contribution is 2.09. The van der Waals surface area contributed by atoms with Gasteiger partial charge in [-0.05, 0) is 13.3 Å². The van der Waals surface area contributed by atoms with E-state index in [1.165, 1.54) is 5.56 Å². The van der Waals surface area contributed by atoms with E-state index in [-0.39, 0.29) is 18.3 Å². The Balaban J connectivity index is 0.00000200. The van der Waals surface area contributed by atoms with Gasteiger partial charge in [0.1, 0.15) is 0 Å². The van der Waals surface area contributed by atoms with E-state index < -0.39 is 6.04 Å². The zero-order valence-electron chi connectivity index (χ0n) is 12.2. The predicted molar refractivity (Wildman–Crippen MR) is 80.6 cm³/mol. The Morgan fingerprint density at radius 2 is 2.15 bits per heavy atom. The molecule has 1 aromatic rings. The van der Waals surface area contributed by atoms with Crippen LogP contribution in [0.4, 0.5) is 0 Å². The van der Waals surface area contributed by atoms with Crippen molar-refractivity contribution in [3.05, 3.63) is 18.0 Å². The molecule has 7 heteroatoms. The molecule has 1 fully saturated rings. The predicted octanol–water partition coefficient (Wildman–Crippen LogP) is 0.223. The molecule has 2 N–H and O–H groups in total. The zero-order chi connectivity index (χ0) is 13.8. The fourth-order valence-electron chi connectivity index (χ4n) is 2.45. The molecule has 0 aliphatic carbocycles. The Morgan fingerprint density at radius 3 is 2.75 bits per heavy atom. The summed E-state index contributed by atoms with van der Waals surface area (Å²) in [7, 11) is 1.93. The van der Waals surface area contributed by atoms with Crippen LogP contribution in [0.3, 0.4) is 0 Å². The highest BCUT2D eigenvalue weighted by atomic mass is 35.5. The Labute approximate surface area is 126 Å². The number of aromatic nitrogens is 2. The number of nitrogens with two attached hydrogens (primary N) is 1. The topological polar surface area (TPSA) is 67.4 Å². The third-order valence-electron chi connectivity index (χ3n) is 3.45. The van der Waals surface area contributed by atoms with Crippen LogP contribution in [-0.4, -0.2) is 57.7 Å². The first kappa shape index (κ1) is 16.9. The Bertz CT molecular complexity index is 434. The Hall–Kier alpha value is -1.11. The average Bonchev–Trinajstić information content (AvgIpc) is 2.63. The van der Waals surface area contributed by atoms with Gasteiger partial charge in [-0.1, -0.05) is 0 Å². The maximum Gasteiger partial charge on any atom is 0.239 e. The van der Waals surface area contributed by atoms with Gasteiger partial charge >= 0.3 is 0 Å². The summed E-state index contributed by atoms with van der Waals surface area (Å²) in [5, 5.41) is 4.18. The number of halogens is 1. The number of hydrogen-bond donors (Lipinski definition) is 1. The number of amides is 1.